The van der Waals surface area contributed by atoms with E-state index in [1.165, 1.54) is 6.92 Å². The molecular weight excluding hydrogens is 144 g/mol. The molecule has 0 aliphatic rings. The Balaban J connectivity index is 3.84. The quantitative estimate of drug-likeness (QED) is 0.671. The van der Waals surface area contributed by atoms with Crippen molar-refractivity contribution >= 4 is 11.8 Å². The van der Waals surface area contributed by atoms with Crippen molar-refractivity contribution in [3.05, 3.63) is 0 Å². The molecular formula is C8H14O3. The molecule has 2 atom stereocenters. The van der Waals surface area contributed by atoms with Crippen LogP contribution in [-0.2, 0) is 9.59 Å². The third-order valence-electron chi connectivity index (χ3n) is 1.82. The van der Waals surface area contributed by atoms with Gasteiger partial charge in [0, 0.05) is 5.92 Å². The average Bonchev–Trinajstić information content (AvgIpc) is 1.87. The number of hydrogen-bond acceptors (Lipinski definition) is 2. The van der Waals surface area contributed by atoms with E-state index in [1.807, 2.05) is 0 Å². The molecule has 0 saturated heterocycles. The van der Waals surface area contributed by atoms with Crippen LogP contribution >= 0.6 is 0 Å². The molecule has 3 heteroatoms. The van der Waals surface area contributed by atoms with Crippen molar-refractivity contribution in [3.63, 3.8) is 0 Å². The fraction of sp³-hybridized carbons (Fsp3) is 0.750. The lowest BCUT2D eigenvalue weighted by molar-refractivity contribution is -0.141. The first-order chi connectivity index (χ1) is 4.95. The molecule has 64 valence electrons. The highest BCUT2D eigenvalue weighted by atomic mass is 16.4. The first kappa shape index (κ1) is 10.1. The smallest absolute Gasteiger partial charge is 0.306 e. The van der Waals surface area contributed by atoms with Crippen molar-refractivity contribution in [3.8, 4) is 0 Å². The SMILES string of the molecule is CC(=O)[C@@H](C)C[C@H](C)C(=O)O. The fourth-order valence-corrected chi connectivity index (χ4v) is 0.797. The van der Waals surface area contributed by atoms with Gasteiger partial charge in [-0.1, -0.05) is 13.8 Å². The Labute approximate surface area is 66.4 Å². The molecule has 0 unspecified atom stereocenters. The first-order valence-corrected chi connectivity index (χ1v) is 3.68. The number of ketones is 1. The summed E-state index contributed by atoms with van der Waals surface area (Å²) in [5.41, 5.74) is 0. The number of carbonyl (C=O) groups excluding carboxylic acids is 1. The maximum absolute atomic E-state index is 10.7. The molecule has 0 aromatic rings. The molecule has 0 bridgehead atoms. The van der Waals surface area contributed by atoms with Crippen LogP contribution in [0, 0.1) is 11.8 Å². The summed E-state index contributed by atoms with van der Waals surface area (Å²) in [6, 6.07) is 0. The first-order valence-electron chi connectivity index (χ1n) is 3.68. The van der Waals surface area contributed by atoms with E-state index in [9.17, 15) is 9.59 Å². The highest BCUT2D eigenvalue weighted by molar-refractivity contribution is 5.79. The highest BCUT2D eigenvalue weighted by Crippen LogP contribution is 2.12. The van der Waals surface area contributed by atoms with Crippen LogP contribution < -0.4 is 0 Å². The molecule has 0 spiro atoms. The summed E-state index contributed by atoms with van der Waals surface area (Å²) in [4.78, 5) is 21.1. The van der Waals surface area contributed by atoms with E-state index in [0.29, 0.717) is 6.42 Å². The third-order valence-corrected chi connectivity index (χ3v) is 1.82. The largest absolute Gasteiger partial charge is 0.481 e. The molecule has 0 amide bonds. The molecule has 1 N–H and O–H groups in total. The minimum atomic E-state index is -0.835. The maximum atomic E-state index is 10.7. The summed E-state index contributed by atoms with van der Waals surface area (Å²) < 4.78 is 0. The van der Waals surface area contributed by atoms with E-state index >= 15 is 0 Å². The van der Waals surface area contributed by atoms with E-state index in [-0.39, 0.29) is 11.7 Å². The lowest BCUT2D eigenvalue weighted by Crippen LogP contribution is -2.17. The molecule has 0 heterocycles. The number of carbonyl (C=O) groups is 2. The molecule has 3 nitrogen and oxygen atoms in total. The van der Waals surface area contributed by atoms with Gasteiger partial charge in [-0.05, 0) is 13.3 Å². The number of hydrogen-bond donors (Lipinski definition) is 1. The maximum Gasteiger partial charge on any atom is 0.306 e. The normalized spacial score (nSPS) is 15.5. The van der Waals surface area contributed by atoms with Crippen molar-refractivity contribution in [2.24, 2.45) is 11.8 Å². The van der Waals surface area contributed by atoms with Crippen LogP contribution in [0.25, 0.3) is 0 Å². The molecule has 0 aromatic carbocycles. The van der Waals surface area contributed by atoms with Gasteiger partial charge in [0.15, 0.2) is 0 Å². The number of rotatable bonds is 4. The van der Waals surface area contributed by atoms with Gasteiger partial charge in [-0.3, -0.25) is 9.59 Å². The van der Waals surface area contributed by atoms with Gasteiger partial charge in [-0.15, -0.1) is 0 Å². The number of carboxylic acid groups (broad SMARTS) is 1. The van der Waals surface area contributed by atoms with Gasteiger partial charge in [0.05, 0.1) is 5.92 Å². The van der Waals surface area contributed by atoms with Crippen molar-refractivity contribution in [1.29, 1.82) is 0 Å². The second-order valence-electron chi connectivity index (χ2n) is 2.99. The second-order valence-corrected chi connectivity index (χ2v) is 2.99. The van der Waals surface area contributed by atoms with E-state index in [4.69, 9.17) is 5.11 Å². The molecule has 0 radical (unpaired) electrons. The van der Waals surface area contributed by atoms with E-state index < -0.39 is 11.9 Å². The van der Waals surface area contributed by atoms with Gasteiger partial charge in [0.2, 0.25) is 0 Å². The van der Waals surface area contributed by atoms with Crippen LogP contribution in [0.5, 0.6) is 0 Å². The Kier molecular flexibility index (Phi) is 3.79. The average molecular weight is 158 g/mol. The van der Waals surface area contributed by atoms with Crippen LogP contribution in [0.3, 0.4) is 0 Å². The molecule has 0 aromatic heterocycles. The topological polar surface area (TPSA) is 54.4 Å². The molecule has 11 heavy (non-hydrogen) atoms. The standard InChI is InChI=1S/C8H14O3/c1-5(7(3)9)4-6(2)8(10)11/h5-6H,4H2,1-3H3,(H,10,11)/t5-,6-/m0/s1. The summed E-state index contributed by atoms with van der Waals surface area (Å²) >= 11 is 0. The van der Waals surface area contributed by atoms with Crippen molar-refractivity contribution in [2.75, 3.05) is 0 Å². The predicted molar refractivity (Wildman–Crippen MR) is 41.3 cm³/mol. The summed E-state index contributed by atoms with van der Waals surface area (Å²) in [5, 5.41) is 8.50. The van der Waals surface area contributed by atoms with Gasteiger partial charge in [0.1, 0.15) is 5.78 Å². The molecule has 0 aliphatic heterocycles. The van der Waals surface area contributed by atoms with Crippen LogP contribution in [-0.4, -0.2) is 16.9 Å². The van der Waals surface area contributed by atoms with Crippen molar-refractivity contribution < 1.29 is 14.7 Å². The number of Topliss-reactive ketones (excluding diaryl/α,β-unsaturated/α-hetero) is 1. The van der Waals surface area contributed by atoms with Gasteiger partial charge in [-0.25, -0.2) is 0 Å². The van der Waals surface area contributed by atoms with E-state index in [1.54, 1.807) is 13.8 Å². The Morgan fingerprint density at radius 1 is 1.27 bits per heavy atom. The fourth-order valence-electron chi connectivity index (χ4n) is 0.797. The highest BCUT2D eigenvalue weighted by Gasteiger charge is 2.17. The summed E-state index contributed by atoms with van der Waals surface area (Å²) in [6.07, 6.45) is 0.435. The predicted octanol–water partition coefficient (Wildman–Crippen LogP) is 1.32. The third kappa shape index (κ3) is 3.75. The Hall–Kier alpha value is -0.860. The molecule has 0 aliphatic carbocycles. The zero-order valence-electron chi connectivity index (χ0n) is 7.13. The lowest BCUT2D eigenvalue weighted by Gasteiger charge is -2.09. The molecule has 0 rings (SSSR count). The second kappa shape index (κ2) is 4.11. The minimum Gasteiger partial charge on any atom is -0.481 e. The minimum absolute atomic E-state index is 0.0538. The number of carboxylic acids is 1. The van der Waals surface area contributed by atoms with Crippen molar-refractivity contribution in [2.45, 2.75) is 27.2 Å². The van der Waals surface area contributed by atoms with Crippen molar-refractivity contribution in [1.82, 2.24) is 0 Å². The molecule has 0 saturated carbocycles. The lowest BCUT2D eigenvalue weighted by atomic mass is 9.95. The molecule has 0 fully saturated rings. The Morgan fingerprint density at radius 3 is 2.00 bits per heavy atom. The number of aliphatic carboxylic acids is 1. The zero-order valence-corrected chi connectivity index (χ0v) is 7.13. The van der Waals surface area contributed by atoms with Gasteiger partial charge < -0.3 is 5.11 Å². The van der Waals surface area contributed by atoms with Crippen LogP contribution in [0.1, 0.15) is 27.2 Å². The van der Waals surface area contributed by atoms with Crippen LogP contribution in [0.15, 0.2) is 0 Å². The van der Waals surface area contributed by atoms with Gasteiger partial charge in [-0.2, -0.15) is 0 Å². The van der Waals surface area contributed by atoms with Gasteiger partial charge in [0.25, 0.3) is 0 Å². The van der Waals surface area contributed by atoms with Gasteiger partial charge >= 0.3 is 5.97 Å². The Bertz CT molecular complexity index is 145. The van der Waals surface area contributed by atoms with E-state index in [0.717, 1.165) is 0 Å². The van der Waals surface area contributed by atoms with E-state index in [2.05, 4.69) is 0 Å². The summed E-state index contributed by atoms with van der Waals surface area (Å²) in [5.74, 6) is -1.34. The summed E-state index contributed by atoms with van der Waals surface area (Å²) in [6.45, 7) is 4.85. The van der Waals surface area contributed by atoms with Crippen LogP contribution in [0.4, 0.5) is 0 Å². The monoisotopic (exact) mass is 158 g/mol. The Morgan fingerprint density at radius 2 is 1.73 bits per heavy atom. The van der Waals surface area contributed by atoms with Crippen LogP contribution in [0.2, 0.25) is 0 Å². The summed E-state index contributed by atoms with van der Waals surface area (Å²) in [7, 11) is 0. The zero-order chi connectivity index (χ0) is 9.02.